The van der Waals surface area contributed by atoms with Crippen molar-refractivity contribution in [2.45, 2.75) is 27.6 Å². The molecule has 1 N–H and O–H groups in total. The number of benzene rings is 3. The van der Waals surface area contributed by atoms with Crippen molar-refractivity contribution in [1.82, 2.24) is 19.5 Å². The summed E-state index contributed by atoms with van der Waals surface area (Å²) in [5, 5.41) is 9.12. The Hall–Kier alpha value is -3.08. The normalized spacial score (nSPS) is 11.3. The number of aromatic nitrogens is 3. The van der Waals surface area contributed by atoms with Crippen molar-refractivity contribution in [2.75, 3.05) is 5.75 Å². The molecule has 0 saturated carbocycles. The third kappa shape index (κ3) is 6.07. The number of carbonyl (C=O) groups excluding carboxylic acids is 1. The van der Waals surface area contributed by atoms with Gasteiger partial charge in [0.25, 0.3) is 10.0 Å². The lowest BCUT2D eigenvalue weighted by Crippen LogP contribution is -2.32. The Bertz CT molecular complexity index is 1360. The number of sulfonamides is 1. The monoisotopic (exact) mass is 510 g/mol. The molecule has 4 rings (SSSR count). The van der Waals surface area contributed by atoms with E-state index in [1.54, 1.807) is 23.9 Å². The zero-order valence-corrected chi connectivity index (χ0v) is 20.7. The van der Waals surface area contributed by atoms with Crippen LogP contribution in [-0.4, -0.2) is 34.8 Å². The van der Waals surface area contributed by atoms with Gasteiger partial charge in [0.15, 0.2) is 5.16 Å². The standard InChI is InChI=1S/C24H22N4O3S3/c1-18-12-14-21(15-13-18)34(30,31)27-23(29)17-33-24-26-25-22(16-32-20-10-6-3-7-11-20)28(24)19-8-4-2-5-9-19/h2-15H,16-17H2,1H3,(H,27,29). The van der Waals surface area contributed by atoms with E-state index >= 15 is 0 Å². The summed E-state index contributed by atoms with van der Waals surface area (Å²) in [6.45, 7) is 1.86. The minimum absolute atomic E-state index is 0.0455. The van der Waals surface area contributed by atoms with Crippen molar-refractivity contribution in [3.8, 4) is 5.69 Å². The second kappa shape index (κ2) is 10.9. The van der Waals surface area contributed by atoms with Crippen LogP contribution < -0.4 is 4.72 Å². The first-order valence-corrected chi connectivity index (χ1v) is 13.8. The maximum atomic E-state index is 12.5. The Morgan fingerprint density at radius 1 is 0.882 bits per heavy atom. The highest BCUT2D eigenvalue weighted by Crippen LogP contribution is 2.27. The number of aryl methyl sites for hydroxylation is 1. The number of amides is 1. The van der Waals surface area contributed by atoms with Gasteiger partial charge in [-0.05, 0) is 43.3 Å². The molecule has 1 aromatic heterocycles. The van der Waals surface area contributed by atoms with Crippen LogP contribution in [0.4, 0.5) is 0 Å². The summed E-state index contributed by atoms with van der Waals surface area (Å²) in [5.74, 6) is 0.561. The van der Waals surface area contributed by atoms with Gasteiger partial charge in [-0.2, -0.15) is 0 Å². The molecule has 7 nitrogen and oxygen atoms in total. The van der Waals surface area contributed by atoms with Crippen molar-refractivity contribution in [1.29, 1.82) is 0 Å². The third-order valence-corrected chi connectivity index (χ3v) is 8.06. The van der Waals surface area contributed by atoms with Crippen molar-refractivity contribution in [2.24, 2.45) is 0 Å². The first-order chi connectivity index (χ1) is 16.4. The third-order valence-electron chi connectivity index (χ3n) is 4.74. The number of thioether (sulfide) groups is 2. The highest BCUT2D eigenvalue weighted by Gasteiger charge is 2.20. The lowest BCUT2D eigenvalue weighted by molar-refractivity contribution is -0.116. The zero-order valence-electron chi connectivity index (χ0n) is 18.3. The zero-order chi connectivity index (χ0) is 24.0. The van der Waals surface area contributed by atoms with Gasteiger partial charge >= 0.3 is 0 Å². The summed E-state index contributed by atoms with van der Waals surface area (Å²) in [4.78, 5) is 13.6. The molecule has 4 aromatic rings. The molecule has 0 aliphatic heterocycles. The fourth-order valence-electron chi connectivity index (χ4n) is 3.07. The van der Waals surface area contributed by atoms with Gasteiger partial charge in [-0.1, -0.05) is 65.9 Å². The number of hydrogen-bond donors (Lipinski definition) is 1. The molecule has 3 aromatic carbocycles. The molecule has 1 heterocycles. The van der Waals surface area contributed by atoms with E-state index in [4.69, 9.17) is 0 Å². The van der Waals surface area contributed by atoms with Gasteiger partial charge in [-0.15, -0.1) is 22.0 Å². The summed E-state index contributed by atoms with van der Waals surface area (Å²) in [6.07, 6.45) is 0. The largest absolute Gasteiger partial charge is 0.273 e. The van der Waals surface area contributed by atoms with Crippen LogP contribution in [0.15, 0.2) is 99.9 Å². The van der Waals surface area contributed by atoms with Crippen LogP contribution in [-0.2, 0) is 20.6 Å². The number of carbonyl (C=O) groups is 1. The highest BCUT2D eigenvalue weighted by molar-refractivity contribution is 8.00. The van der Waals surface area contributed by atoms with Crippen LogP contribution in [0.1, 0.15) is 11.4 Å². The van der Waals surface area contributed by atoms with E-state index in [1.165, 1.54) is 12.1 Å². The second-order valence-corrected chi connectivity index (χ2v) is 11.0. The lowest BCUT2D eigenvalue weighted by Gasteiger charge is -2.10. The Morgan fingerprint density at radius 2 is 1.53 bits per heavy atom. The lowest BCUT2D eigenvalue weighted by atomic mass is 10.2. The Morgan fingerprint density at radius 3 is 2.21 bits per heavy atom. The minimum Gasteiger partial charge on any atom is -0.273 e. The molecular formula is C24H22N4O3S3. The molecule has 0 fully saturated rings. The van der Waals surface area contributed by atoms with Crippen molar-refractivity contribution in [3.05, 3.63) is 96.3 Å². The maximum Gasteiger partial charge on any atom is 0.264 e. The molecule has 0 unspecified atom stereocenters. The van der Waals surface area contributed by atoms with Crippen LogP contribution in [0.3, 0.4) is 0 Å². The Labute approximate surface area is 207 Å². The van der Waals surface area contributed by atoms with Gasteiger partial charge in [0.05, 0.1) is 16.4 Å². The summed E-state index contributed by atoms with van der Waals surface area (Å²) in [7, 11) is -3.94. The molecular weight excluding hydrogens is 488 g/mol. The predicted molar refractivity (Wildman–Crippen MR) is 135 cm³/mol. The molecule has 0 saturated heterocycles. The number of nitrogens with zero attached hydrogens (tertiary/aromatic N) is 3. The fraction of sp³-hybridized carbons (Fsp3) is 0.125. The van der Waals surface area contributed by atoms with Gasteiger partial charge in [0.1, 0.15) is 5.82 Å². The summed E-state index contributed by atoms with van der Waals surface area (Å²) < 4.78 is 29.0. The molecule has 174 valence electrons. The molecule has 1 amide bonds. The molecule has 0 bridgehead atoms. The molecule has 0 radical (unpaired) electrons. The van der Waals surface area contributed by atoms with Crippen LogP contribution in [0.2, 0.25) is 0 Å². The average Bonchev–Trinajstić information content (AvgIpc) is 3.25. The number of para-hydroxylation sites is 1. The van der Waals surface area contributed by atoms with Gasteiger partial charge in [0.2, 0.25) is 5.91 Å². The molecule has 0 aliphatic carbocycles. The van der Waals surface area contributed by atoms with Gasteiger partial charge in [-0.25, -0.2) is 13.1 Å². The molecule has 0 atom stereocenters. The topological polar surface area (TPSA) is 93.9 Å². The molecule has 0 spiro atoms. The summed E-state index contributed by atoms with van der Waals surface area (Å²) >= 11 is 2.77. The number of nitrogens with one attached hydrogen (secondary N) is 1. The van der Waals surface area contributed by atoms with Crippen molar-refractivity contribution in [3.63, 3.8) is 0 Å². The SMILES string of the molecule is Cc1ccc(S(=O)(=O)NC(=O)CSc2nnc(CSc3ccccc3)n2-c2ccccc2)cc1. The first kappa shape index (κ1) is 24.1. The molecule has 10 heteroatoms. The second-order valence-electron chi connectivity index (χ2n) is 7.30. The molecule has 34 heavy (non-hydrogen) atoms. The fourth-order valence-corrected chi connectivity index (χ4v) is 5.75. The number of rotatable bonds is 9. The number of hydrogen-bond acceptors (Lipinski definition) is 7. The van der Waals surface area contributed by atoms with Gasteiger partial charge in [-0.3, -0.25) is 9.36 Å². The van der Waals surface area contributed by atoms with E-state index in [0.29, 0.717) is 10.9 Å². The minimum atomic E-state index is -3.94. The van der Waals surface area contributed by atoms with E-state index in [-0.39, 0.29) is 10.6 Å². The predicted octanol–water partition coefficient (Wildman–Crippen LogP) is 4.47. The van der Waals surface area contributed by atoms with E-state index in [2.05, 4.69) is 14.9 Å². The smallest absolute Gasteiger partial charge is 0.264 e. The Kier molecular flexibility index (Phi) is 7.71. The van der Waals surface area contributed by atoms with E-state index < -0.39 is 15.9 Å². The molecule has 0 aliphatic rings. The van der Waals surface area contributed by atoms with E-state index in [9.17, 15) is 13.2 Å². The van der Waals surface area contributed by atoms with Crippen LogP contribution in [0.5, 0.6) is 0 Å². The first-order valence-electron chi connectivity index (χ1n) is 10.3. The van der Waals surface area contributed by atoms with Gasteiger partial charge < -0.3 is 0 Å². The van der Waals surface area contributed by atoms with Crippen molar-refractivity contribution >= 4 is 39.5 Å². The average molecular weight is 511 g/mol. The van der Waals surface area contributed by atoms with E-state index in [0.717, 1.165) is 33.7 Å². The van der Waals surface area contributed by atoms with Crippen LogP contribution in [0.25, 0.3) is 5.69 Å². The summed E-state index contributed by atoms with van der Waals surface area (Å²) in [6, 6.07) is 25.9. The van der Waals surface area contributed by atoms with Crippen LogP contribution >= 0.6 is 23.5 Å². The quantitative estimate of drug-likeness (QED) is 0.332. The van der Waals surface area contributed by atoms with Gasteiger partial charge in [0, 0.05) is 10.6 Å². The highest BCUT2D eigenvalue weighted by atomic mass is 32.2. The van der Waals surface area contributed by atoms with Crippen LogP contribution in [0, 0.1) is 6.92 Å². The summed E-state index contributed by atoms with van der Waals surface area (Å²) in [5.41, 5.74) is 1.80. The van der Waals surface area contributed by atoms with Crippen molar-refractivity contribution < 1.29 is 13.2 Å². The van der Waals surface area contributed by atoms with E-state index in [1.807, 2.05) is 72.2 Å². The maximum absolute atomic E-state index is 12.5. The Balaban J connectivity index is 1.48.